The molecule has 13 heavy (non-hydrogen) atoms. The molecule has 0 unspecified atom stereocenters. The zero-order valence-corrected chi connectivity index (χ0v) is 8.55. The van der Waals surface area contributed by atoms with Gasteiger partial charge in [-0.3, -0.25) is 4.98 Å². The van der Waals surface area contributed by atoms with E-state index >= 15 is 0 Å². The van der Waals surface area contributed by atoms with Crippen molar-refractivity contribution in [3.8, 4) is 0 Å². The van der Waals surface area contributed by atoms with Crippen molar-refractivity contribution in [3.63, 3.8) is 0 Å². The van der Waals surface area contributed by atoms with E-state index in [1.807, 2.05) is 30.1 Å². The first-order valence-corrected chi connectivity index (χ1v) is 5.76. The Hall–Kier alpha value is -0.540. The monoisotopic (exact) mass is 194 g/mol. The third kappa shape index (κ3) is 2.23. The van der Waals surface area contributed by atoms with E-state index in [0.717, 1.165) is 5.69 Å². The number of nitrogens with one attached hydrogen (secondary N) is 1. The van der Waals surface area contributed by atoms with Crippen molar-refractivity contribution in [1.82, 2.24) is 10.3 Å². The minimum Gasteiger partial charge on any atom is -0.304 e. The minimum atomic E-state index is 0.382. The number of aromatic nitrogens is 1. The largest absolute Gasteiger partial charge is 0.304 e. The van der Waals surface area contributed by atoms with Gasteiger partial charge < -0.3 is 5.32 Å². The molecule has 0 radical (unpaired) electrons. The van der Waals surface area contributed by atoms with Crippen LogP contribution in [0.3, 0.4) is 0 Å². The summed E-state index contributed by atoms with van der Waals surface area (Å²) in [6, 6.07) is 7.14. The number of nitrogens with zero attached hydrogens (tertiary/aromatic N) is 1. The summed E-state index contributed by atoms with van der Waals surface area (Å²) in [6.07, 6.45) is 1.85. The molecule has 0 aromatic carbocycles. The summed E-state index contributed by atoms with van der Waals surface area (Å²) in [5, 5.41) is 3.55. The van der Waals surface area contributed by atoms with Crippen LogP contribution in [-0.2, 0) is 0 Å². The molecule has 3 heteroatoms. The average Bonchev–Trinajstić information content (AvgIpc) is 2.12. The van der Waals surface area contributed by atoms with E-state index in [2.05, 4.69) is 23.3 Å². The predicted octanol–water partition coefficient (Wildman–Crippen LogP) is 1.85. The van der Waals surface area contributed by atoms with Crippen LogP contribution in [0.25, 0.3) is 0 Å². The van der Waals surface area contributed by atoms with E-state index in [1.165, 1.54) is 11.5 Å². The number of thioether (sulfide) groups is 1. The van der Waals surface area contributed by atoms with Gasteiger partial charge in [0.1, 0.15) is 0 Å². The Kier molecular flexibility index (Phi) is 2.86. The molecule has 0 bridgehead atoms. The second-order valence-electron chi connectivity index (χ2n) is 3.38. The van der Waals surface area contributed by atoms with Crippen molar-refractivity contribution < 1.29 is 0 Å². The molecular formula is C10H14N2S. The van der Waals surface area contributed by atoms with E-state index in [9.17, 15) is 0 Å². The maximum Gasteiger partial charge on any atom is 0.0570 e. The lowest BCUT2D eigenvalue weighted by Crippen LogP contribution is -2.41. The van der Waals surface area contributed by atoms with E-state index in [1.54, 1.807) is 0 Å². The lowest BCUT2D eigenvalue weighted by atomic mass is 10.2. The second-order valence-corrected chi connectivity index (χ2v) is 4.45. The molecule has 0 amide bonds. The van der Waals surface area contributed by atoms with Crippen LogP contribution in [-0.4, -0.2) is 22.5 Å². The molecule has 2 heterocycles. The Labute approximate surface area is 83.1 Å². The van der Waals surface area contributed by atoms with Gasteiger partial charge in [0.15, 0.2) is 0 Å². The van der Waals surface area contributed by atoms with Gasteiger partial charge in [0.2, 0.25) is 0 Å². The SMILES string of the molecule is C[C@H](NC1CSC1)c1ccccn1. The molecule has 1 aromatic heterocycles. The molecule has 0 saturated carbocycles. The highest BCUT2D eigenvalue weighted by atomic mass is 32.2. The van der Waals surface area contributed by atoms with Crippen molar-refractivity contribution in [2.24, 2.45) is 0 Å². The van der Waals surface area contributed by atoms with Crippen LogP contribution in [0.4, 0.5) is 0 Å². The molecule has 2 rings (SSSR count). The number of hydrogen-bond donors (Lipinski definition) is 1. The van der Waals surface area contributed by atoms with Crippen LogP contribution in [0.2, 0.25) is 0 Å². The standard InChI is InChI=1S/C10H14N2S/c1-8(12-9-6-13-7-9)10-4-2-3-5-11-10/h2-5,8-9,12H,6-7H2,1H3/t8-/m0/s1. The summed E-state index contributed by atoms with van der Waals surface area (Å²) in [4.78, 5) is 4.32. The second kappa shape index (κ2) is 4.11. The highest BCUT2D eigenvalue weighted by molar-refractivity contribution is 8.00. The molecule has 2 nitrogen and oxygen atoms in total. The summed E-state index contributed by atoms with van der Waals surface area (Å²) < 4.78 is 0. The smallest absolute Gasteiger partial charge is 0.0570 e. The van der Waals surface area contributed by atoms with Crippen LogP contribution in [0.1, 0.15) is 18.7 Å². The van der Waals surface area contributed by atoms with Crippen LogP contribution < -0.4 is 5.32 Å². The summed E-state index contributed by atoms with van der Waals surface area (Å²) in [7, 11) is 0. The van der Waals surface area contributed by atoms with Gasteiger partial charge in [0.05, 0.1) is 5.69 Å². The van der Waals surface area contributed by atoms with Gasteiger partial charge in [-0.25, -0.2) is 0 Å². The zero-order valence-electron chi connectivity index (χ0n) is 7.73. The van der Waals surface area contributed by atoms with Crippen molar-refractivity contribution >= 4 is 11.8 Å². The normalized spacial score (nSPS) is 19.5. The maximum atomic E-state index is 4.32. The highest BCUT2D eigenvalue weighted by Crippen LogP contribution is 2.20. The van der Waals surface area contributed by atoms with Gasteiger partial charge in [-0.1, -0.05) is 6.07 Å². The van der Waals surface area contributed by atoms with Crippen LogP contribution in [0.5, 0.6) is 0 Å². The molecular weight excluding hydrogens is 180 g/mol. The first-order chi connectivity index (χ1) is 6.36. The zero-order chi connectivity index (χ0) is 9.10. The summed E-state index contributed by atoms with van der Waals surface area (Å²) >= 11 is 2.00. The molecule has 1 N–H and O–H groups in total. The Balaban J connectivity index is 1.92. The fourth-order valence-electron chi connectivity index (χ4n) is 1.40. The fourth-order valence-corrected chi connectivity index (χ4v) is 2.07. The average molecular weight is 194 g/mol. The molecule has 1 saturated heterocycles. The lowest BCUT2D eigenvalue weighted by molar-refractivity contribution is 0.494. The summed E-state index contributed by atoms with van der Waals surface area (Å²) in [6.45, 7) is 2.17. The Bertz CT molecular complexity index is 259. The fraction of sp³-hybridized carbons (Fsp3) is 0.500. The Morgan fingerprint density at radius 3 is 2.92 bits per heavy atom. The third-order valence-electron chi connectivity index (χ3n) is 2.26. The topological polar surface area (TPSA) is 24.9 Å². The van der Waals surface area contributed by atoms with Crippen molar-refractivity contribution in [2.75, 3.05) is 11.5 Å². The van der Waals surface area contributed by atoms with Gasteiger partial charge in [-0.05, 0) is 19.1 Å². The van der Waals surface area contributed by atoms with Gasteiger partial charge in [-0.2, -0.15) is 11.8 Å². The van der Waals surface area contributed by atoms with Crippen LogP contribution in [0, 0.1) is 0 Å². The van der Waals surface area contributed by atoms with Gasteiger partial charge in [0, 0.05) is 29.8 Å². The van der Waals surface area contributed by atoms with Crippen LogP contribution in [0.15, 0.2) is 24.4 Å². The number of pyridine rings is 1. The lowest BCUT2D eigenvalue weighted by Gasteiger charge is -2.29. The maximum absolute atomic E-state index is 4.32. The van der Waals surface area contributed by atoms with Crippen molar-refractivity contribution in [2.45, 2.75) is 19.0 Å². The molecule has 70 valence electrons. The molecule has 0 aliphatic carbocycles. The van der Waals surface area contributed by atoms with Gasteiger partial charge >= 0.3 is 0 Å². The quantitative estimate of drug-likeness (QED) is 0.795. The molecule has 1 atom stereocenters. The van der Waals surface area contributed by atoms with E-state index < -0.39 is 0 Å². The minimum absolute atomic E-state index is 0.382. The Morgan fingerprint density at radius 1 is 1.54 bits per heavy atom. The number of hydrogen-bond acceptors (Lipinski definition) is 3. The van der Waals surface area contributed by atoms with Gasteiger partial charge in [0.25, 0.3) is 0 Å². The summed E-state index contributed by atoms with van der Waals surface area (Å²) in [5.74, 6) is 2.49. The van der Waals surface area contributed by atoms with E-state index in [-0.39, 0.29) is 0 Å². The number of rotatable bonds is 3. The molecule has 1 fully saturated rings. The first-order valence-electron chi connectivity index (χ1n) is 4.61. The third-order valence-corrected chi connectivity index (χ3v) is 3.53. The predicted molar refractivity (Wildman–Crippen MR) is 56.9 cm³/mol. The summed E-state index contributed by atoms with van der Waals surface area (Å²) in [5.41, 5.74) is 1.14. The molecule has 1 aromatic rings. The van der Waals surface area contributed by atoms with E-state index in [0.29, 0.717) is 12.1 Å². The van der Waals surface area contributed by atoms with Crippen molar-refractivity contribution in [1.29, 1.82) is 0 Å². The van der Waals surface area contributed by atoms with Gasteiger partial charge in [-0.15, -0.1) is 0 Å². The Morgan fingerprint density at radius 2 is 2.38 bits per heavy atom. The first kappa shape index (κ1) is 9.03. The molecule has 1 aliphatic heterocycles. The molecule has 0 spiro atoms. The van der Waals surface area contributed by atoms with Crippen LogP contribution >= 0.6 is 11.8 Å². The highest BCUT2D eigenvalue weighted by Gasteiger charge is 2.20. The van der Waals surface area contributed by atoms with E-state index in [4.69, 9.17) is 0 Å². The molecule has 1 aliphatic rings. The van der Waals surface area contributed by atoms with Crippen molar-refractivity contribution in [3.05, 3.63) is 30.1 Å².